The topological polar surface area (TPSA) is 122 Å². The zero-order valence-electron chi connectivity index (χ0n) is 10.3. The van der Waals surface area contributed by atoms with Gasteiger partial charge >= 0.3 is 0 Å². The number of amides is 1. The van der Waals surface area contributed by atoms with Crippen LogP contribution in [0.1, 0.15) is 25.7 Å². The molecule has 1 fully saturated rings. The number of rotatable bonds is 5. The van der Waals surface area contributed by atoms with E-state index in [1.54, 1.807) is 0 Å². The van der Waals surface area contributed by atoms with E-state index in [1.807, 2.05) is 0 Å². The first kappa shape index (κ1) is 14.7. The minimum Gasteiger partial charge on any atom is -0.409 e. The van der Waals surface area contributed by atoms with Gasteiger partial charge in [-0.15, -0.1) is 0 Å². The molecule has 0 atom stereocenters. The highest BCUT2D eigenvalue weighted by atomic mass is 32.2. The zero-order valence-corrected chi connectivity index (χ0v) is 11.2. The summed E-state index contributed by atoms with van der Waals surface area (Å²) >= 11 is 0. The molecule has 0 aliphatic heterocycles. The molecule has 0 radical (unpaired) electrons. The summed E-state index contributed by atoms with van der Waals surface area (Å²) in [5.74, 6) is -0.582. The van der Waals surface area contributed by atoms with E-state index in [1.165, 1.54) is 0 Å². The van der Waals surface area contributed by atoms with Crippen LogP contribution in [0.5, 0.6) is 0 Å². The van der Waals surface area contributed by atoms with E-state index in [2.05, 4.69) is 10.5 Å². The number of nitrogens with two attached hydrogens (primary N) is 1. The van der Waals surface area contributed by atoms with Gasteiger partial charge in [-0.3, -0.25) is 4.79 Å². The number of amidine groups is 1. The van der Waals surface area contributed by atoms with Crippen LogP contribution in [0, 0.1) is 5.41 Å². The third-order valence-corrected chi connectivity index (χ3v) is 4.19. The van der Waals surface area contributed by atoms with Gasteiger partial charge in [0, 0.05) is 12.8 Å². The van der Waals surface area contributed by atoms with Crippen molar-refractivity contribution in [1.82, 2.24) is 5.32 Å². The number of nitrogens with zero attached hydrogens (tertiary/aromatic N) is 1. The lowest BCUT2D eigenvalue weighted by Crippen LogP contribution is -2.49. The molecule has 4 N–H and O–H groups in total. The van der Waals surface area contributed by atoms with Crippen LogP contribution < -0.4 is 11.1 Å². The summed E-state index contributed by atoms with van der Waals surface area (Å²) in [4.78, 5) is 12.1. The summed E-state index contributed by atoms with van der Waals surface area (Å²) in [5.41, 5.74) is 4.61. The standard InChI is InChI=1S/C10H19N3O4S/c1-18(16,17)7-6-12-9(14)10(8(11)13-15)4-2-3-5-10/h15H,2-7H2,1H3,(H2,11,13)(H,12,14). The molecule has 1 aliphatic rings. The molecule has 0 bridgehead atoms. The summed E-state index contributed by atoms with van der Waals surface area (Å²) in [6.07, 6.45) is 3.81. The Hall–Kier alpha value is -1.31. The number of hydrogen-bond donors (Lipinski definition) is 3. The van der Waals surface area contributed by atoms with E-state index < -0.39 is 15.3 Å². The number of sulfone groups is 1. The first-order valence-corrected chi connectivity index (χ1v) is 7.82. The Labute approximate surface area is 106 Å². The van der Waals surface area contributed by atoms with Crippen LogP contribution >= 0.6 is 0 Å². The molecular weight excluding hydrogens is 258 g/mol. The van der Waals surface area contributed by atoms with E-state index in [9.17, 15) is 13.2 Å². The maximum Gasteiger partial charge on any atom is 0.233 e. The average molecular weight is 277 g/mol. The average Bonchev–Trinajstić information content (AvgIpc) is 2.76. The smallest absolute Gasteiger partial charge is 0.233 e. The Kier molecular flexibility index (Phi) is 4.55. The molecule has 8 heteroatoms. The van der Waals surface area contributed by atoms with Crippen LogP contribution in [-0.4, -0.2) is 43.9 Å². The molecule has 1 rings (SSSR count). The largest absolute Gasteiger partial charge is 0.409 e. The van der Waals surface area contributed by atoms with Gasteiger partial charge < -0.3 is 16.3 Å². The molecule has 0 saturated heterocycles. The van der Waals surface area contributed by atoms with E-state index in [0.29, 0.717) is 12.8 Å². The van der Waals surface area contributed by atoms with Crippen molar-refractivity contribution in [2.24, 2.45) is 16.3 Å². The fourth-order valence-electron chi connectivity index (χ4n) is 2.19. The predicted octanol–water partition coefficient (Wildman–Crippen LogP) is -0.546. The second-order valence-electron chi connectivity index (χ2n) is 4.66. The first-order valence-electron chi connectivity index (χ1n) is 5.76. The van der Waals surface area contributed by atoms with E-state index >= 15 is 0 Å². The maximum atomic E-state index is 12.1. The van der Waals surface area contributed by atoms with Crippen LogP contribution in [0.4, 0.5) is 0 Å². The van der Waals surface area contributed by atoms with Crippen molar-refractivity contribution in [2.75, 3.05) is 18.6 Å². The summed E-state index contributed by atoms with van der Waals surface area (Å²) in [6, 6.07) is 0. The van der Waals surface area contributed by atoms with Crippen LogP contribution in [-0.2, 0) is 14.6 Å². The van der Waals surface area contributed by atoms with Gasteiger partial charge in [-0.25, -0.2) is 8.42 Å². The molecule has 0 unspecified atom stereocenters. The normalized spacial score (nSPS) is 19.7. The molecule has 18 heavy (non-hydrogen) atoms. The number of hydrogen-bond acceptors (Lipinski definition) is 5. The highest BCUT2D eigenvalue weighted by Crippen LogP contribution is 2.38. The van der Waals surface area contributed by atoms with Gasteiger partial charge in [0.2, 0.25) is 5.91 Å². The van der Waals surface area contributed by atoms with E-state index in [-0.39, 0.29) is 24.0 Å². The predicted molar refractivity (Wildman–Crippen MR) is 67.0 cm³/mol. The Bertz CT molecular complexity index is 438. The van der Waals surface area contributed by atoms with Crippen LogP contribution in [0.15, 0.2) is 5.16 Å². The number of carbonyl (C=O) groups is 1. The van der Waals surface area contributed by atoms with Gasteiger partial charge in [0.15, 0.2) is 5.84 Å². The van der Waals surface area contributed by atoms with Crippen molar-refractivity contribution in [3.63, 3.8) is 0 Å². The number of nitrogens with one attached hydrogen (secondary N) is 1. The monoisotopic (exact) mass is 277 g/mol. The van der Waals surface area contributed by atoms with Crippen molar-refractivity contribution < 1.29 is 18.4 Å². The van der Waals surface area contributed by atoms with E-state index in [0.717, 1.165) is 19.1 Å². The minimum atomic E-state index is -3.11. The van der Waals surface area contributed by atoms with Gasteiger partial charge in [-0.2, -0.15) is 0 Å². The second kappa shape index (κ2) is 5.55. The Morgan fingerprint density at radius 1 is 1.44 bits per heavy atom. The summed E-state index contributed by atoms with van der Waals surface area (Å²) in [7, 11) is -3.11. The highest BCUT2D eigenvalue weighted by Gasteiger charge is 2.45. The third-order valence-electron chi connectivity index (χ3n) is 3.25. The molecule has 0 spiro atoms. The molecule has 104 valence electrons. The fraction of sp³-hybridized carbons (Fsp3) is 0.800. The third kappa shape index (κ3) is 3.34. The Morgan fingerprint density at radius 2 is 2.00 bits per heavy atom. The molecule has 7 nitrogen and oxygen atoms in total. The zero-order chi connectivity index (χ0) is 13.8. The SMILES string of the molecule is CS(=O)(=O)CCNC(=O)C1(C(N)=NO)CCCC1. The van der Waals surface area contributed by atoms with Crippen molar-refractivity contribution in [2.45, 2.75) is 25.7 Å². The maximum absolute atomic E-state index is 12.1. The molecule has 1 aliphatic carbocycles. The minimum absolute atomic E-state index is 0.0398. The highest BCUT2D eigenvalue weighted by molar-refractivity contribution is 7.90. The Balaban J connectivity index is 2.68. The summed E-state index contributed by atoms with van der Waals surface area (Å²) in [6.45, 7) is 0.0398. The van der Waals surface area contributed by atoms with Gasteiger partial charge in [0.05, 0.1) is 5.75 Å². The molecule has 0 heterocycles. The molecule has 0 aromatic carbocycles. The summed E-state index contributed by atoms with van der Waals surface area (Å²) in [5, 5.41) is 14.2. The van der Waals surface area contributed by atoms with Crippen molar-refractivity contribution in [3.8, 4) is 0 Å². The lowest BCUT2D eigenvalue weighted by Gasteiger charge is -2.25. The lowest BCUT2D eigenvalue weighted by atomic mass is 9.84. The van der Waals surface area contributed by atoms with Gasteiger partial charge in [-0.05, 0) is 12.8 Å². The molecule has 0 aromatic heterocycles. The van der Waals surface area contributed by atoms with Crippen LogP contribution in [0.3, 0.4) is 0 Å². The second-order valence-corrected chi connectivity index (χ2v) is 6.92. The van der Waals surface area contributed by atoms with Gasteiger partial charge in [-0.1, -0.05) is 18.0 Å². The quantitative estimate of drug-likeness (QED) is 0.269. The van der Waals surface area contributed by atoms with Crippen molar-refractivity contribution in [1.29, 1.82) is 0 Å². The van der Waals surface area contributed by atoms with Crippen molar-refractivity contribution >= 4 is 21.6 Å². The molecule has 1 saturated carbocycles. The molecule has 0 aromatic rings. The number of oxime groups is 1. The van der Waals surface area contributed by atoms with E-state index in [4.69, 9.17) is 10.9 Å². The first-order chi connectivity index (χ1) is 8.32. The van der Waals surface area contributed by atoms with Gasteiger partial charge in [0.1, 0.15) is 15.3 Å². The van der Waals surface area contributed by atoms with Crippen molar-refractivity contribution in [3.05, 3.63) is 0 Å². The fourth-order valence-corrected chi connectivity index (χ4v) is 2.67. The van der Waals surface area contributed by atoms with Crippen LogP contribution in [0.2, 0.25) is 0 Å². The number of carbonyl (C=O) groups excluding carboxylic acids is 1. The molecular formula is C10H19N3O4S. The van der Waals surface area contributed by atoms with Gasteiger partial charge in [0.25, 0.3) is 0 Å². The van der Waals surface area contributed by atoms with Crippen LogP contribution in [0.25, 0.3) is 0 Å². The lowest BCUT2D eigenvalue weighted by molar-refractivity contribution is -0.127. The molecule has 1 amide bonds. The summed E-state index contributed by atoms with van der Waals surface area (Å²) < 4.78 is 21.9. The Morgan fingerprint density at radius 3 is 2.44 bits per heavy atom.